The lowest BCUT2D eigenvalue weighted by Crippen LogP contribution is -2.29. The number of benzene rings is 1. The molecule has 0 saturated carbocycles. The Bertz CT molecular complexity index is 332. The summed E-state index contributed by atoms with van der Waals surface area (Å²) in [5, 5.41) is 3.94. The summed E-state index contributed by atoms with van der Waals surface area (Å²) in [4.78, 5) is 0. The first kappa shape index (κ1) is 13.9. The molecule has 0 atom stereocenters. The normalized spacial score (nSPS) is 11.1. The molecule has 1 aromatic carbocycles. The SMILES string of the molecule is COC(CNCc1ccc(Br)c(Cl)c1)OC. The van der Waals surface area contributed by atoms with E-state index in [4.69, 9.17) is 21.1 Å². The zero-order chi connectivity index (χ0) is 12.0. The van der Waals surface area contributed by atoms with E-state index in [9.17, 15) is 0 Å². The lowest BCUT2D eigenvalue weighted by molar-refractivity contribution is -0.0989. The van der Waals surface area contributed by atoms with E-state index in [0.29, 0.717) is 11.6 Å². The Morgan fingerprint density at radius 1 is 1.38 bits per heavy atom. The van der Waals surface area contributed by atoms with Gasteiger partial charge in [0.15, 0.2) is 6.29 Å². The molecule has 0 fully saturated rings. The van der Waals surface area contributed by atoms with Gasteiger partial charge in [0.2, 0.25) is 0 Å². The molecule has 0 unspecified atom stereocenters. The fourth-order valence-electron chi connectivity index (χ4n) is 1.25. The molecule has 90 valence electrons. The summed E-state index contributed by atoms with van der Waals surface area (Å²) in [7, 11) is 3.23. The molecule has 0 aliphatic heterocycles. The van der Waals surface area contributed by atoms with Crippen molar-refractivity contribution in [1.82, 2.24) is 5.32 Å². The number of nitrogens with one attached hydrogen (secondary N) is 1. The first-order valence-electron chi connectivity index (χ1n) is 4.87. The Hall–Kier alpha value is -0.130. The standard InChI is InChI=1S/C11H15BrClNO2/c1-15-11(16-2)7-14-6-8-3-4-9(12)10(13)5-8/h3-5,11,14H,6-7H2,1-2H3. The largest absolute Gasteiger partial charge is 0.355 e. The van der Waals surface area contributed by atoms with Crippen LogP contribution in [0.3, 0.4) is 0 Å². The Labute approximate surface area is 109 Å². The molecule has 1 aromatic rings. The number of ether oxygens (including phenoxy) is 2. The van der Waals surface area contributed by atoms with Gasteiger partial charge in [-0.1, -0.05) is 17.7 Å². The fraction of sp³-hybridized carbons (Fsp3) is 0.455. The summed E-state index contributed by atoms with van der Waals surface area (Å²) in [6.45, 7) is 1.37. The van der Waals surface area contributed by atoms with E-state index in [1.54, 1.807) is 14.2 Å². The highest BCUT2D eigenvalue weighted by Crippen LogP contribution is 2.22. The summed E-state index contributed by atoms with van der Waals surface area (Å²) in [6.07, 6.45) is -0.217. The van der Waals surface area contributed by atoms with Crippen LogP contribution in [0.25, 0.3) is 0 Å². The molecule has 3 nitrogen and oxygen atoms in total. The van der Waals surface area contributed by atoms with Crippen molar-refractivity contribution in [3.8, 4) is 0 Å². The smallest absolute Gasteiger partial charge is 0.169 e. The van der Waals surface area contributed by atoms with Crippen molar-refractivity contribution in [3.63, 3.8) is 0 Å². The van der Waals surface area contributed by atoms with Crippen molar-refractivity contribution in [2.24, 2.45) is 0 Å². The third-order valence-corrected chi connectivity index (χ3v) is 3.38. The molecule has 1 N–H and O–H groups in total. The molecule has 0 aliphatic carbocycles. The second-order valence-electron chi connectivity index (χ2n) is 3.28. The molecule has 0 heterocycles. The van der Waals surface area contributed by atoms with Gasteiger partial charge in [-0.25, -0.2) is 0 Å². The van der Waals surface area contributed by atoms with Crippen LogP contribution in [-0.2, 0) is 16.0 Å². The van der Waals surface area contributed by atoms with Crippen LogP contribution in [0.15, 0.2) is 22.7 Å². The predicted octanol–water partition coefficient (Wildman–Crippen LogP) is 2.81. The predicted molar refractivity (Wildman–Crippen MR) is 68.7 cm³/mol. The van der Waals surface area contributed by atoms with Gasteiger partial charge >= 0.3 is 0 Å². The second kappa shape index (κ2) is 7.25. The molecule has 0 bridgehead atoms. The lowest BCUT2D eigenvalue weighted by Gasteiger charge is -2.14. The maximum Gasteiger partial charge on any atom is 0.169 e. The number of methoxy groups -OCH3 is 2. The van der Waals surface area contributed by atoms with Gasteiger partial charge in [0.25, 0.3) is 0 Å². The Balaban J connectivity index is 2.40. The minimum Gasteiger partial charge on any atom is -0.355 e. The zero-order valence-electron chi connectivity index (χ0n) is 9.30. The Kier molecular flexibility index (Phi) is 6.31. The highest BCUT2D eigenvalue weighted by Gasteiger charge is 2.04. The lowest BCUT2D eigenvalue weighted by atomic mass is 10.2. The van der Waals surface area contributed by atoms with Gasteiger partial charge in [-0.15, -0.1) is 0 Å². The molecule has 16 heavy (non-hydrogen) atoms. The van der Waals surface area contributed by atoms with E-state index < -0.39 is 0 Å². The van der Waals surface area contributed by atoms with Crippen molar-refractivity contribution in [2.75, 3.05) is 20.8 Å². The summed E-state index contributed by atoms with van der Waals surface area (Å²) in [6, 6.07) is 5.87. The number of halogens is 2. The number of hydrogen-bond donors (Lipinski definition) is 1. The second-order valence-corrected chi connectivity index (χ2v) is 4.54. The molecular weight excluding hydrogens is 293 g/mol. The molecule has 0 radical (unpaired) electrons. The Morgan fingerprint density at radius 3 is 2.62 bits per heavy atom. The van der Waals surface area contributed by atoms with E-state index >= 15 is 0 Å². The van der Waals surface area contributed by atoms with Crippen LogP contribution < -0.4 is 5.32 Å². The fourth-order valence-corrected chi connectivity index (χ4v) is 1.70. The van der Waals surface area contributed by atoms with Crippen LogP contribution in [0, 0.1) is 0 Å². The van der Waals surface area contributed by atoms with Gasteiger partial charge < -0.3 is 14.8 Å². The van der Waals surface area contributed by atoms with Crippen LogP contribution in [-0.4, -0.2) is 27.1 Å². The minimum atomic E-state index is -0.217. The van der Waals surface area contributed by atoms with E-state index in [1.807, 2.05) is 18.2 Å². The summed E-state index contributed by atoms with van der Waals surface area (Å²) in [5.41, 5.74) is 1.12. The maximum absolute atomic E-state index is 5.99. The molecule has 0 saturated heterocycles. The van der Waals surface area contributed by atoms with Crippen LogP contribution in [0.5, 0.6) is 0 Å². The monoisotopic (exact) mass is 307 g/mol. The third-order valence-electron chi connectivity index (χ3n) is 2.15. The van der Waals surface area contributed by atoms with Crippen molar-refractivity contribution in [2.45, 2.75) is 12.8 Å². The highest BCUT2D eigenvalue weighted by atomic mass is 79.9. The van der Waals surface area contributed by atoms with Crippen LogP contribution in [0.1, 0.15) is 5.56 Å². The van der Waals surface area contributed by atoms with Gasteiger partial charge in [-0.3, -0.25) is 0 Å². The van der Waals surface area contributed by atoms with E-state index in [0.717, 1.165) is 16.6 Å². The molecule has 0 spiro atoms. The minimum absolute atomic E-state index is 0.217. The van der Waals surface area contributed by atoms with Crippen LogP contribution >= 0.6 is 27.5 Å². The average Bonchev–Trinajstić information content (AvgIpc) is 2.29. The van der Waals surface area contributed by atoms with E-state index in [-0.39, 0.29) is 6.29 Å². The molecule has 0 aliphatic rings. The van der Waals surface area contributed by atoms with Crippen molar-refractivity contribution >= 4 is 27.5 Å². The number of rotatable bonds is 6. The van der Waals surface area contributed by atoms with Crippen molar-refractivity contribution in [1.29, 1.82) is 0 Å². The van der Waals surface area contributed by atoms with Gasteiger partial charge in [-0.05, 0) is 33.6 Å². The van der Waals surface area contributed by atoms with E-state index in [2.05, 4.69) is 21.2 Å². The van der Waals surface area contributed by atoms with Crippen LogP contribution in [0.2, 0.25) is 5.02 Å². The third kappa shape index (κ3) is 4.39. The molecular formula is C11H15BrClNO2. The zero-order valence-corrected chi connectivity index (χ0v) is 11.6. The van der Waals surface area contributed by atoms with Gasteiger partial charge in [0.1, 0.15) is 0 Å². The van der Waals surface area contributed by atoms with Crippen LogP contribution in [0.4, 0.5) is 0 Å². The summed E-state index contributed by atoms with van der Waals surface area (Å²) in [5.74, 6) is 0. The average molecular weight is 309 g/mol. The van der Waals surface area contributed by atoms with Crippen molar-refractivity contribution in [3.05, 3.63) is 33.3 Å². The maximum atomic E-state index is 5.99. The molecule has 5 heteroatoms. The van der Waals surface area contributed by atoms with E-state index in [1.165, 1.54) is 0 Å². The molecule has 0 aromatic heterocycles. The van der Waals surface area contributed by atoms with Gasteiger partial charge in [-0.2, -0.15) is 0 Å². The number of hydrogen-bond acceptors (Lipinski definition) is 3. The summed E-state index contributed by atoms with van der Waals surface area (Å²) >= 11 is 9.34. The quantitative estimate of drug-likeness (QED) is 0.820. The first-order chi connectivity index (χ1) is 7.67. The van der Waals surface area contributed by atoms with Gasteiger partial charge in [0.05, 0.1) is 5.02 Å². The molecule has 1 rings (SSSR count). The Morgan fingerprint density at radius 2 is 2.06 bits per heavy atom. The first-order valence-corrected chi connectivity index (χ1v) is 6.04. The van der Waals surface area contributed by atoms with Crippen molar-refractivity contribution < 1.29 is 9.47 Å². The molecule has 0 amide bonds. The summed E-state index contributed by atoms with van der Waals surface area (Å²) < 4.78 is 11.0. The topological polar surface area (TPSA) is 30.5 Å². The highest BCUT2D eigenvalue weighted by molar-refractivity contribution is 9.10. The van der Waals surface area contributed by atoms with Gasteiger partial charge in [0, 0.05) is 31.8 Å².